The maximum absolute atomic E-state index is 14.9. The molecule has 0 radical (unpaired) electrons. The van der Waals surface area contributed by atoms with Crippen LogP contribution in [-0.4, -0.2) is 56.3 Å². The molecule has 0 aromatic carbocycles. The van der Waals surface area contributed by atoms with Crippen molar-refractivity contribution in [1.82, 2.24) is 19.6 Å². The Bertz CT molecular complexity index is 1410. The zero-order valence-electron chi connectivity index (χ0n) is 21.7. The van der Waals surface area contributed by atoms with Crippen molar-refractivity contribution in [2.24, 2.45) is 5.92 Å². The molecule has 40 heavy (non-hydrogen) atoms. The van der Waals surface area contributed by atoms with Crippen molar-refractivity contribution in [2.75, 3.05) is 6.61 Å². The van der Waals surface area contributed by atoms with Crippen molar-refractivity contribution in [2.45, 2.75) is 69.6 Å². The van der Waals surface area contributed by atoms with Gasteiger partial charge in [0.05, 0.1) is 17.8 Å². The fourth-order valence-corrected chi connectivity index (χ4v) is 4.86. The summed E-state index contributed by atoms with van der Waals surface area (Å²) in [5.74, 6) is -3.80. The monoisotopic (exact) mass is 636 g/mol. The van der Waals surface area contributed by atoms with Gasteiger partial charge in [0.15, 0.2) is 11.5 Å². The summed E-state index contributed by atoms with van der Waals surface area (Å²) in [7, 11) is -0.979. The summed E-state index contributed by atoms with van der Waals surface area (Å²) in [6, 6.07) is 3.98. The number of ether oxygens (including phenoxy) is 2. The van der Waals surface area contributed by atoms with E-state index in [0.29, 0.717) is 4.47 Å². The van der Waals surface area contributed by atoms with E-state index < -0.39 is 79.1 Å². The number of aromatic nitrogens is 4. The fraction of sp³-hybridized carbons (Fsp3) is 0.542. The van der Waals surface area contributed by atoms with E-state index in [1.807, 2.05) is 0 Å². The first-order chi connectivity index (χ1) is 18.4. The molecule has 16 heteroatoms. The predicted octanol–water partition coefficient (Wildman–Crippen LogP) is 5.18. The molecular formula is C24H24BBrF6N4O4. The highest BCUT2D eigenvalue weighted by Gasteiger charge is 2.65. The lowest BCUT2D eigenvalue weighted by Crippen LogP contribution is -2.60. The van der Waals surface area contributed by atoms with E-state index in [9.17, 15) is 26.3 Å². The first-order valence-corrected chi connectivity index (χ1v) is 13.0. The summed E-state index contributed by atoms with van der Waals surface area (Å²) in [5, 5.41) is 7.11. The number of hydrogen-bond acceptors (Lipinski definition) is 7. The number of nitrogens with zero attached hydrogens (tertiary/aromatic N) is 4. The van der Waals surface area contributed by atoms with Crippen LogP contribution in [0.15, 0.2) is 35.1 Å². The molecule has 8 nitrogen and oxygen atoms in total. The van der Waals surface area contributed by atoms with Crippen molar-refractivity contribution in [3.8, 4) is 5.88 Å². The van der Waals surface area contributed by atoms with Gasteiger partial charge in [-0.2, -0.15) is 22.0 Å². The zero-order valence-corrected chi connectivity index (χ0v) is 23.3. The van der Waals surface area contributed by atoms with Gasteiger partial charge in [0.1, 0.15) is 0 Å². The minimum absolute atomic E-state index is 0.133. The molecule has 0 atom stereocenters. The van der Waals surface area contributed by atoms with Gasteiger partial charge in [-0.1, -0.05) is 0 Å². The van der Waals surface area contributed by atoms with Gasteiger partial charge in [0.2, 0.25) is 11.4 Å². The third-order valence-electron chi connectivity index (χ3n) is 7.53. The average molecular weight is 637 g/mol. The Hall–Kier alpha value is -2.43. The average Bonchev–Trinajstić information content (AvgIpc) is 3.32. The van der Waals surface area contributed by atoms with Crippen molar-refractivity contribution >= 4 is 34.2 Å². The van der Waals surface area contributed by atoms with Crippen LogP contribution in [0.5, 0.6) is 5.88 Å². The predicted molar refractivity (Wildman–Crippen MR) is 133 cm³/mol. The van der Waals surface area contributed by atoms with Crippen LogP contribution >= 0.6 is 15.9 Å². The van der Waals surface area contributed by atoms with E-state index in [0.717, 1.165) is 16.7 Å². The molecule has 0 spiro atoms. The Kier molecular flexibility index (Phi) is 6.95. The molecule has 1 saturated heterocycles. The summed E-state index contributed by atoms with van der Waals surface area (Å²) in [4.78, 5) is 3.75. The van der Waals surface area contributed by atoms with Crippen LogP contribution in [0.3, 0.4) is 0 Å². The minimum Gasteiger partial charge on any atom is -0.459 e. The summed E-state index contributed by atoms with van der Waals surface area (Å²) in [6.07, 6.45) is -7.91. The van der Waals surface area contributed by atoms with Crippen LogP contribution in [0.25, 0.3) is 5.65 Å². The first-order valence-electron chi connectivity index (χ1n) is 12.2. The van der Waals surface area contributed by atoms with Gasteiger partial charge in [-0.25, -0.2) is 9.37 Å². The Labute approximate surface area is 233 Å². The van der Waals surface area contributed by atoms with Gasteiger partial charge in [0, 0.05) is 35.2 Å². The van der Waals surface area contributed by atoms with Gasteiger partial charge < -0.3 is 18.8 Å². The van der Waals surface area contributed by atoms with E-state index in [-0.39, 0.29) is 11.1 Å². The first kappa shape index (κ1) is 29.1. The molecule has 5 rings (SSSR count). The third-order valence-corrected chi connectivity index (χ3v) is 8.00. The minimum atomic E-state index is -4.93. The number of rotatable bonds is 7. The lowest BCUT2D eigenvalue weighted by molar-refractivity contribution is -0.308. The summed E-state index contributed by atoms with van der Waals surface area (Å²) < 4.78 is 109. The Morgan fingerprint density at radius 1 is 1.07 bits per heavy atom. The molecule has 3 aromatic heterocycles. The largest absolute Gasteiger partial charge is 0.496 e. The van der Waals surface area contributed by atoms with E-state index in [2.05, 4.69) is 31.1 Å². The normalized spacial score (nSPS) is 24.4. The maximum Gasteiger partial charge on any atom is 0.496 e. The van der Waals surface area contributed by atoms with E-state index in [4.69, 9.17) is 18.8 Å². The molecule has 1 saturated carbocycles. The molecular weight excluding hydrogens is 613 g/mol. The second-order valence-electron chi connectivity index (χ2n) is 10.9. The maximum atomic E-state index is 14.9. The number of alkyl halides is 5. The van der Waals surface area contributed by atoms with E-state index >= 15 is 0 Å². The Morgan fingerprint density at radius 3 is 2.33 bits per heavy atom. The van der Waals surface area contributed by atoms with Crippen LogP contribution in [0.2, 0.25) is 0 Å². The van der Waals surface area contributed by atoms with Gasteiger partial charge in [-0.05, 0) is 67.7 Å². The molecule has 1 aliphatic carbocycles. The molecule has 2 fully saturated rings. The summed E-state index contributed by atoms with van der Waals surface area (Å²) in [6.45, 7) is 6.44. The van der Waals surface area contributed by atoms with Crippen LogP contribution in [0, 0.1) is 11.7 Å². The number of hydrogen-bond donors (Lipinski definition) is 0. The quantitative estimate of drug-likeness (QED) is 0.261. The molecule has 0 bridgehead atoms. The third kappa shape index (κ3) is 5.07. The number of halogens is 7. The highest BCUT2D eigenvalue weighted by Crippen LogP contribution is 2.52. The lowest BCUT2D eigenvalue weighted by atomic mass is 9.70. The van der Waals surface area contributed by atoms with E-state index in [1.165, 1.54) is 12.3 Å². The Balaban J connectivity index is 1.26. The van der Waals surface area contributed by atoms with Crippen LogP contribution in [-0.2, 0) is 20.2 Å². The van der Waals surface area contributed by atoms with Gasteiger partial charge in [-0.15, -0.1) is 10.2 Å². The van der Waals surface area contributed by atoms with Crippen LogP contribution < -0.4 is 10.2 Å². The van der Waals surface area contributed by atoms with E-state index in [1.54, 1.807) is 33.8 Å². The van der Waals surface area contributed by atoms with Crippen LogP contribution in [0.1, 0.15) is 46.4 Å². The summed E-state index contributed by atoms with van der Waals surface area (Å²) in [5.41, 5.74) is -3.96. The molecule has 0 N–H and O–H groups in total. The van der Waals surface area contributed by atoms with Crippen molar-refractivity contribution < 1.29 is 45.1 Å². The molecule has 0 amide bonds. The van der Waals surface area contributed by atoms with Crippen molar-refractivity contribution in [1.29, 1.82) is 0 Å². The van der Waals surface area contributed by atoms with Gasteiger partial charge in [-0.3, -0.25) is 4.40 Å². The molecule has 0 unspecified atom stereocenters. The van der Waals surface area contributed by atoms with Crippen LogP contribution in [0.4, 0.5) is 26.3 Å². The second kappa shape index (κ2) is 9.56. The molecule has 1 aliphatic heterocycles. The standard InChI is InChI=1S/C24H24BBrF6N4O4/c1-20(2)21(3,4)40-25(39-20)14-7-16(27)18(33-10-14)38-22(24(30,31)32)8-13(9-22)12-37-23(28,29)19-35-34-17-6-5-15(26)11-36(17)19/h5-7,10-11,13H,8-9,12H2,1-4H3. The Morgan fingerprint density at radius 2 is 1.73 bits per heavy atom. The zero-order chi connectivity index (χ0) is 29.3. The summed E-state index contributed by atoms with van der Waals surface area (Å²) >= 11 is 3.17. The molecule has 2 aliphatic rings. The smallest absolute Gasteiger partial charge is 0.459 e. The lowest BCUT2D eigenvalue weighted by Gasteiger charge is -2.47. The van der Waals surface area contributed by atoms with Gasteiger partial charge in [0.25, 0.3) is 5.88 Å². The number of fused-ring (bicyclic) bond motifs is 1. The topological polar surface area (TPSA) is 80.0 Å². The van der Waals surface area contributed by atoms with Gasteiger partial charge >= 0.3 is 19.4 Å². The van der Waals surface area contributed by atoms with Crippen molar-refractivity contribution in [3.63, 3.8) is 0 Å². The second-order valence-corrected chi connectivity index (χ2v) is 11.9. The molecule has 3 aromatic rings. The highest BCUT2D eigenvalue weighted by molar-refractivity contribution is 9.10. The number of pyridine rings is 2. The highest BCUT2D eigenvalue weighted by atomic mass is 79.9. The molecule has 216 valence electrons. The SMILES string of the molecule is CC1(C)OB(c2cnc(OC3(C(F)(F)F)CC(COC(F)(F)c4nnc5ccc(Br)cn45)C3)c(F)c2)OC1(C)C. The molecule has 4 heterocycles. The fourth-order valence-electron chi connectivity index (χ4n) is 4.52. The van der Waals surface area contributed by atoms with Crippen molar-refractivity contribution in [3.05, 3.63) is 46.7 Å².